The molecule has 34 heavy (non-hydrogen) atoms. The minimum atomic E-state index is -0.772. The van der Waals surface area contributed by atoms with Crippen molar-refractivity contribution in [3.05, 3.63) is 70.5 Å². The van der Waals surface area contributed by atoms with Gasteiger partial charge in [-0.25, -0.2) is 9.18 Å². The van der Waals surface area contributed by atoms with Gasteiger partial charge in [0.05, 0.1) is 0 Å². The van der Waals surface area contributed by atoms with Crippen molar-refractivity contribution in [1.29, 1.82) is 0 Å². The molecule has 0 saturated carbocycles. The van der Waals surface area contributed by atoms with Crippen LogP contribution < -0.4 is 5.32 Å². The number of hydrogen-bond donors (Lipinski definition) is 1. The number of piperazine rings is 1. The van der Waals surface area contributed by atoms with Gasteiger partial charge >= 0.3 is 6.09 Å². The second-order valence-electron chi connectivity index (χ2n) is 9.59. The molecule has 0 aromatic heterocycles. The Balaban J connectivity index is 1.67. The summed E-state index contributed by atoms with van der Waals surface area (Å²) in [5.74, 6) is -0.392. The lowest BCUT2D eigenvalue weighted by Gasteiger charge is -2.39. The molecule has 0 bridgehead atoms. The average molecular weight is 490 g/mol. The molecular weight excluding hydrogens is 457 g/mol. The summed E-state index contributed by atoms with van der Waals surface area (Å²) < 4.78 is 19.6. The predicted molar refractivity (Wildman–Crippen MR) is 131 cm³/mol. The van der Waals surface area contributed by atoms with Gasteiger partial charge < -0.3 is 15.0 Å². The Morgan fingerprint density at radius 3 is 2.26 bits per heavy atom. The summed E-state index contributed by atoms with van der Waals surface area (Å²) >= 11 is 5.99. The van der Waals surface area contributed by atoms with Crippen LogP contribution in [0.4, 0.5) is 9.18 Å². The highest BCUT2D eigenvalue weighted by molar-refractivity contribution is 6.30. The molecule has 8 heteroatoms. The molecule has 1 N–H and O–H groups in total. The molecule has 3 rings (SSSR count). The van der Waals surface area contributed by atoms with Crippen LogP contribution >= 0.6 is 11.6 Å². The van der Waals surface area contributed by atoms with E-state index in [2.05, 4.69) is 10.2 Å². The number of alkyl carbamates (subject to hydrolysis) is 1. The third-order valence-corrected chi connectivity index (χ3v) is 6.12. The van der Waals surface area contributed by atoms with Crippen molar-refractivity contribution in [1.82, 2.24) is 15.1 Å². The van der Waals surface area contributed by atoms with Crippen LogP contribution in [-0.2, 0) is 16.0 Å². The quantitative estimate of drug-likeness (QED) is 0.632. The first kappa shape index (κ1) is 26.0. The summed E-state index contributed by atoms with van der Waals surface area (Å²) in [5, 5.41) is 3.36. The van der Waals surface area contributed by atoms with E-state index >= 15 is 0 Å². The maximum atomic E-state index is 14.2. The maximum absolute atomic E-state index is 14.2. The highest BCUT2D eigenvalue weighted by Crippen LogP contribution is 2.24. The normalized spacial score (nSPS) is 16.6. The van der Waals surface area contributed by atoms with Gasteiger partial charge in [0.2, 0.25) is 5.91 Å². The first-order chi connectivity index (χ1) is 16.0. The van der Waals surface area contributed by atoms with Crippen molar-refractivity contribution >= 4 is 23.6 Å². The zero-order valence-corrected chi connectivity index (χ0v) is 20.9. The summed E-state index contributed by atoms with van der Waals surface area (Å²) in [6, 6.07) is 13.1. The molecule has 0 radical (unpaired) electrons. The molecule has 2 aromatic rings. The molecular formula is C26H33ClFN3O3. The molecule has 1 fully saturated rings. The van der Waals surface area contributed by atoms with E-state index in [4.69, 9.17) is 16.3 Å². The number of nitrogens with one attached hydrogen (secondary N) is 1. The molecule has 1 aliphatic rings. The maximum Gasteiger partial charge on any atom is 0.408 e. The van der Waals surface area contributed by atoms with E-state index in [-0.39, 0.29) is 17.8 Å². The van der Waals surface area contributed by atoms with E-state index in [1.54, 1.807) is 49.9 Å². The number of nitrogens with zero attached hydrogens (tertiary/aromatic N) is 2. The molecule has 2 amide bonds. The zero-order valence-electron chi connectivity index (χ0n) is 20.2. The zero-order chi connectivity index (χ0) is 24.9. The fraction of sp³-hybridized carbons (Fsp3) is 0.462. The van der Waals surface area contributed by atoms with E-state index in [9.17, 15) is 14.0 Å². The Morgan fingerprint density at radius 1 is 1.06 bits per heavy atom. The number of carbonyl (C=O) groups excluding carboxylic acids is 2. The monoisotopic (exact) mass is 489 g/mol. The highest BCUT2D eigenvalue weighted by Gasteiger charge is 2.32. The lowest BCUT2D eigenvalue weighted by molar-refractivity contribution is -0.135. The first-order valence-electron chi connectivity index (χ1n) is 11.5. The van der Waals surface area contributed by atoms with Crippen molar-refractivity contribution in [2.45, 2.75) is 51.8 Å². The third kappa shape index (κ3) is 7.18. The SMILES string of the molecule is CC(c1ccccc1F)N1CCN(C(=O)C(Cc2ccc(Cl)cc2)NC(=O)OC(C)(C)C)CC1. The van der Waals surface area contributed by atoms with Gasteiger partial charge in [-0.1, -0.05) is 41.9 Å². The van der Waals surface area contributed by atoms with Crippen LogP contribution in [0.25, 0.3) is 0 Å². The molecule has 2 atom stereocenters. The highest BCUT2D eigenvalue weighted by atomic mass is 35.5. The predicted octanol–water partition coefficient (Wildman–Crippen LogP) is 4.82. The Bertz CT molecular complexity index is 986. The third-order valence-electron chi connectivity index (χ3n) is 5.87. The van der Waals surface area contributed by atoms with E-state index in [0.29, 0.717) is 43.2 Å². The fourth-order valence-corrected chi connectivity index (χ4v) is 4.19. The van der Waals surface area contributed by atoms with E-state index in [1.165, 1.54) is 6.07 Å². The smallest absolute Gasteiger partial charge is 0.408 e. The number of benzene rings is 2. The summed E-state index contributed by atoms with van der Waals surface area (Å²) in [7, 11) is 0. The van der Waals surface area contributed by atoms with Gasteiger partial charge in [-0.05, 0) is 51.5 Å². The minimum absolute atomic E-state index is 0.0943. The number of hydrogen-bond acceptors (Lipinski definition) is 4. The Labute approximate surface area is 206 Å². The largest absolute Gasteiger partial charge is 0.444 e. The number of ether oxygens (including phenoxy) is 1. The second-order valence-corrected chi connectivity index (χ2v) is 10.0. The minimum Gasteiger partial charge on any atom is -0.444 e. The molecule has 0 aliphatic carbocycles. The molecule has 6 nitrogen and oxygen atoms in total. The standard InChI is InChI=1S/C26H33ClFN3O3/c1-18(21-7-5-6-8-22(21)28)30-13-15-31(16-14-30)24(32)23(29-25(33)34-26(2,3)4)17-19-9-11-20(27)12-10-19/h5-12,18,23H,13-17H2,1-4H3,(H,29,33). The lowest BCUT2D eigenvalue weighted by Crippen LogP contribution is -2.56. The summed E-state index contributed by atoms with van der Waals surface area (Å²) in [5.41, 5.74) is 0.854. The van der Waals surface area contributed by atoms with E-state index in [0.717, 1.165) is 5.56 Å². The molecule has 1 aliphatic heterocycles. The van der Waals surface area contributed by atoms with Crippen molar-refractivity contribution in [2.24, 2.45) is 0 Å². The van der Waals surface area contributed by atoms with Crippen LogP contribution in [0.2, 0.25) is 5.02 Å². The van der Waals surface area contributed by atoms with Gasteiger partial charge in [-0.2, -0.15) is 0 Å². The Hall–Kier alpha value is -2.64. The van der Waals surface area contributed by atoms with Gasteiger partial charge in [0.1, 0.15) is 17.5 Å². The average Bonchev–Trinajstić information content (AvgIpc) is 2.78. The molecule has 184 valence electrons. The van der Waals surface area contributed by atoms with E-state index in [1.807, 2.05) is 25.1 Å². The fourth-order valence-electron chi connectivity index (χ4n) is 4.07. The van der Waals surface area contributed by atoms with Gasteiger partial charge in [-0.3, -0.25) is 9.69 Å². The van der Waals surface area contributed by atoms with Gasteiger partial charge in [0, 0.05) is 49.2 Å². The first-order valence-corrected chi connectivity index (χ1v) is 11.9. The number of rotatable bonds is 6. The second kappa shape index (κ2) is 11.2. The van der Waals surface area contributed by atoms with Crippen LogP contribution in [0.5, 0.6) is 0 Å². The number of carbonyl (C=O) groups is 2. The van der Waals surface area contributed by atoms with Crippen molar-refractivity contribution in [2.75, 3.05) is 26.2 Å². The van der Waals surface area contributed by atoms with Crippen molar-refractivity contribution in [3.8, 4) is 0 Å². The van der Waals surface area contributed by atoms with Crippen LogP contribution in [0.3, 0.4) is 0 Å². The van der Waals surface area contributed by atoms with Crippen LogP contribution in [0.15, 0.2) is 48.5 Å². The van der Waals surface area contributed by atoms with Crippen molar-refractivity contribution < 1.29 is 18.7 Å². The van der Waals surface area contributed by atoms with Crippen LogP contribution in [0.1, 0.15) is 44.9 Å². The summed E-state index contributed by atoms with van der Waals surface area (Å²) in [6.07, 6.45) is -0.312. The Morgan fingerprint density at radius 2 is 1.68 bits per heavy atom. The molecule has 2 aromatic carbocycles. The van der Waals surface area contributed by atoms with E-state index < -0.39 is 17.7 Å². The van der Waals surface area contributed by atoms with Gasteiger partial charge in [0.25, 0.3) is 0 Å². The molecule has 1 heterocycles. The van der Waals surface area contributed by atoms with Crippen molar-refractivity contribution in [3.63, 3.8) is 0 Å². The van der Waals surface area contributed by atoms with Gasteiger partial charge in [0.15, 0.2) is 0 Å². The summed E-state index contributed by atoms with van der Waals surface area (Å²) in [4.78, 5) is 29.8. The number of amides is 2. The lowest BCUT2D eigenvalue weighted by atomic mass is 10.0. The van der Waals surface area contributed by atoms with Crippen LogP contribution in [0, 0.1) is 5.82 Å². The molecule has 2 unspecified atom stereocenters. The molecule has 0 spiro atoms. The molecule has 1 saturated heterocycles. The Kier molecular flexibility index (Phi) is 8.55. The number of halogens is 2. The summed E-state index contributed by atoms with van der Waals surface area (Å²) in [6.45, 7) is 9.51. The van der Waals surface area contributed by atoms with Gasteiger partial charge in [-0.15, -0.1) is 0 Å². The topological polar surface area (TPSA) is 61.9 Å². The van der Waals surface area contributed by atoms with Crippen LogP contribution in [-0.4, -0.2) is 59.6 Å².